The highest BCUT2D eigenvalue weighted by Gasteiger charge is 2.28. The quantitative estimate of drug-likeness (QED) is 0.912. The van der Waals surface area contributed by atoms with Gasteiger partial charge < -0.3 is 5.32 Å². The summed E-state index contributed by atoms with van der Waals surface area (Å²) in [4.78, 5) is 10.8. The molecule has 0 amide bonds. The Bertz CT molecular complexity index is 675. The predicted molar refractivity (Wildman–Crippen MR) is 78.1 cm³/mol. The third-order valence-corrected chi connectivity index (χ3v) is 3.83. The van der Waals surface area contributed by atoms with Gasteiger partial charge in [0.25, 0.3) is 0 Å². The Kier molecular flexibility index (Phi) is 4.53. The van der Waals surface area contributed by atoms with Crippen LogP contribution in [0.1, 0.15) is 37.4 Å². The molecule has 0 radical (unpaired) electrons. The highest BCUT2D eigenvalue weighted by atomic mass is 32.1. The van der Waals surface area contributed by atoms with Crippen LogP contribution in [-0.4, -0.2) is 10.2 Å². The summed E-state index contributed by atoms with van der Waals surface area (Å²) in [6.45, 7) is 6.21. The average molecular weight is 313 g/mol. The van der Waals surface area contributed by atoms with Gasteiger partial charge >= 0.3 is 4.87 Å². The van der Waals surface area contributed by atoms with Gasteiger partial charge in [-0.3, -0.25) is 4.79 Å². The molecule has 0 saturated heterocycles. The van der Waals surface area contributed by atoms with E-state index >= 15 is 0 Å². The van der Waals surface area contributed by atoms with Crippen LogP contribution in [0.15, 0.2) is 23.0 Å². The Morgan fingerprint density at radius 3 is 2.62 bits per heavy atom. The number of hydrogen-bond donors (Lipinski definition) is 2. The fourth-order valence-corrected chi connectivity index (χ4v) is 2.70. The lowest BCUT2D eigenvalue weighted by atomic mass is 9.82. The molecule has 0 aliphatic carbocycles. The van der Waals surface area contributed by atoms with E-state index in [2.05, 4.69) is 15.5 Å². The SMILES string of the molecule is CC(C)(C)[C@H](NCc1n[nH]c(=O)s1)c1ccc(F)cc1F. The summed E-state index contributed by atoms with van der Waals surface area (Å²) < 4.78 is 27.1. The van der Waals surface area contributed by atoms with Crippen molar-refractivity contribution in [1.82, 2.24) is 15.5 Å². The van der Waals surface area contributed by atoms with Gasteiger partial charge in [0.2, 0.25) is 0 Å². The maximum absolute atomic E-state index is 14.0. The number of nitrogens with one attached hydrogen (secondary N) is 2. The second-order valence-corrected chi connectivity index (χ2v) is 6.90. The van der Waals surface area contributed by atoms with Gasteiger partial charge in [-0.25, -0.2) is 13.9 Å². The van der Waals surface area contributed by atoms with Crippen LogP contribution in [0.2, 0.25) is 0 Å². The molecule has 21 heavy (non-hydrogen) atoms. The summed E-state index contributed by atoms with van der Waals surface area (Å²) in [7, 11) is 0. The van der Waals surface area contributed by atoms with Crippen molar-refractivity contribution < 1.29 is 8.78 Å². The molecule has 1 heterocycles. The molecular weight excluding hydrogens is 296 g/mol. The van der Waals surface area contributed by atoms with Crippen molar-refractivity contribution in [2.24, 2.45) is 5.41 Å². The van der Waals surface area contributed by atoms with Gasteiger partial charge in [-0.1, -0.05) is 38.2 Å². The normalized spacial score (nSPS) is 13.4. The number of aromatic amines is 1. The zero-order chi connectivity index (χ0) is 15.6. The van der Waals surface area contributed by atoms with Crippen molar-refractivity contribution in [3.05, 3.63) is 50.1 Å². The Labute approximate surface area is 125 Å². The molecule has 0 bridgehead atoms. The minimum Gasteiger partial charge on any atom is -0.303 e. The van der Waals surface area contributed by atoms with Crippen LogP contribution in [0.25, 0.3) is 0 Å². The molecule has 7 heteroatoms. The van der Waals surface area contributed by atoms with E-state index in [4.69, 9.17) is 0 Å². The second-order valence-electron chi connectivity index (χ2n) is 5.85. The first-order valence-electron chi connectivity index (χ1n) is 6.50. The third kappa shape index (κ3) is 3.95. The van der Waals surface area contributed by atoms with Crippen LogP contribution in [-0.2, 0) is 6.54 Å². The molecular formula is C14H17F2N3OS. The summed E-state index contributed by atoms with van der Waals surface area (Å²) in [5, 5.41) is 9.99. The Morgan fingerprint density at radius 1 is 1.38 bits per heavy atom. The summed E-state index contributed by atoms with van der Waals surface area (Å²) in [5.41, 5.74) is 0.103. The summed E-state index contributed by atoms with van der Waals surface area (Å²) >= 11 is 1.00. The Morgan fingerprint density at radius 2 is 2.10 bits per heavy atom. The van der Waals surface area contributed by atoms with Gasteiger partial charge in [-0.15, -0.1) is 0 Å². The minimum absolute atomic E-state index is 0.230. The minimum atomic E-state index is -0.602. The first-order valence-corrected chi connectivity index (χ1v) is 7.32. The first kappa shape index (κ1) is 15.8. The van der Waals surface area contributed by atoms with Gasteiger partial charge in [-0.2, -0.15) is 5.10 Å². The van der Waals surface area contributed by atoms with Gasteiger partial charge in [0.1, 0.15) is 16.6 Å². The number of rotatable bonds is 4. The summed E-state index contributed by atoms with van der Waals surface area (Å²) in [6.07, 6.45) is 0. The van der Waals surface area contributed by atoms with Gasteiger partial charge in [0.15, 0.2) is 0 Å². The number of aromatic nitrogens is 2. The van der Waals surface area contributed by atoms with E-state index < -0.39 is 11.6 Å². The molecule has 1 aromatic carbocycles. The van der Waals surface area contributed by atoms with Crippen molar-refractivity contribution in [1.29, 1.82) is 0 Å². The predicted octanol–water partition coefficient (Wildman–Crippen LogP) is 2.99. The Hall–Kier alpha value is -1.60. The van der Waals surface area contributed by atoms with Crippen molar-refractivity contribution in [2.75, 3.05) is 0 Å². The molecule has 2 rings (SSSR count). The molecule has 1 atom stereocenters. The number of nitrogens with zero attached hydrogens (tertiary/aromatic N) is 1. The van der Waals surface area contributed by atoms with E-state index in [9.17, 15) is 13.6 Å². The summed E-state index contributed by atoms with van der Waals surface area (Å²) in [5.74, 6) is -1.19. The molecule has 0 aliphatic heterocycles. The topological polar surface area (TPSA) is 57.8 Å². The Balaban J connectivity index is 2.24. The smallest absolute Gasteiger partial charge is 0.303 e. The number of halogens is 2. The highest BCUT2D eigenvalue weighted by molar-refractivity contribution is 7.08. The monoisotopic (exact) mass is 313 g/mol. The van der Waals surface area contributed by atoms with Crippen LogP contribution < -0.4 is 10.2 Å². The zero-order valence-electron chi connectivity index (χ0n) is 12.0. The van der Waals surface area contributed by atoms with E-state index in [1.54, 1.807) is 0 Å². The van der Waals surface area contributed by atoms with Crippen molar-refractivity contribution >= 4 is 11.3 Å². The molecule has 0 spiro atoms. The maximum Gasteiger partial charge on any atom is 0.322 e. The lowest BCUT2D eigenvalue weighted by molar-refractivity contribution is 0.264. The molecule has 114 valence electrons. The van der Waals surface area contributed by atoms with Crippen molar-refractivity contribution in [3.8, 4) is 0 Å². The maximum atomic E-state index is 14.0. The zero-order valence-corrected chi connectivity index (χ0v) is 12.9. The van der Waals surface area contributed by atoms with Gasteiger partial charge in [0, 0.05) is 17.7 Å². The molecule has 2 N–H and O–H groups in total. The number of benzene rings is 1. The molecule has 0 aliphatic rings. The molecule has 4 nitrogen and oxygen atoms in total. The van der Waals surface area contributed by atoms with E-state index in [0.717, 1.165) is 17.4 Å². The van der Waals surface area contributed by atoms with E-state index in [-0.39, 0.29) is 16.3 Å². The van der Waals surface area contributed by atoms with Crippen LogP contribution in [0.3, 0.4) is 0 Å². The van der Waals surface area contributed by atoms with E-state index in [1.165, 1.54) is 12.1 Å². The summed E-state index contributed by atoms with van der Waals surface area (Å²) in [6, 6.07) is 3.23. The third-order valence-electron chi connectivity index (χ3n) is 3.08. The number of H-pyrrole nitrogens is 1. The van der Waals surface area contributed by atoms with Crippen LogP contribution in [0, 0.1) is 17.0 Å². The lowest BCUT2D eigenvalue weighted by Gasteiger charge is -2.32. The second kappa shape index (κ2) is 6.03. The highest BCUT2D eigenvalue weighted by Crippen LogP contribution is 2.34. The standard InChI is InChI=1S/C14H17F2N3OS/c1-14(2,3)12(9-5-4-8(15)6-10(9)16)17-7-11-18-19-13(20)21-11/h4-6,12,17H,7H2,1-3H3,(H,19,20)/t12-/m1/s1. The number of hydrogen-bond acceptors (Lipinski definition) is 4. The van der Waals surface area contributed by atoms with E-state index in [0.29, 0.717) is 17.1 Å². The molecule has 2 aromatic rings. The van der Waals surface area contributed by atoms with Crippen molar-refractivity contribution in [2.45, 2.75) is 33.4 Å². The fourth-order valence-electron chi connectivity index (χ4n) is 2.14. The van der Waals surface area contributed by atoms with Gasteiger partial charge in [-0.05, 0) is 11.5 Å². The average Bonchev–Trinajstić information content (AvgIpc) is 2.76. The van der Waals surface area contributed by atoms with Crippen LogP contribution >= 0.6 is 11.3 Å². The van der Waals surface area contributed by atoms with Crippen LogP contribution in [0.4, 0.5) is 8.78 Å². The van der Waals surface area contributed by atoms with Gasteiger partial charge in [0.05, 0.1) is 6.54 Å². The first-order chi connectivity index (χ1) is 9.77. The van der Waals surface area contributed by atoms with E-state index in [1.807, 2.05) is 20.8 Å². The lowest BCUT2D eigenvalue weighted by Crippen LogP contribution is -2.32. The van der Waals surface area contributed by atoms with Crippen LogP contribution in [0.5, 0.6) is 0 Å². The van der Waals surface area contributed by atoms with Crippen molar-refractivity contribution in [3.63, 3.8) is 0 Å². The largest absolute Gasteiger partial charge is 0.322 e. The fraction of sp³-hybridized carbons (Fsp3) is 0.429. The molecule has 0 saturated carbocycles. The molecule has 0 fully saturated rings. The molecule has 0 unspecified atom stereocenters. The molecule has 1 aromatic heterocycles.